The summed E-state index contributed by atoms with van der Waals surface area (Å²) in [5.74, 6) is -0.515. The van der Waals surface area contributed by atoms with Crippen molar-refractivity contribution in [2.75, 3.05) is 16.0 Å². The summed E-state index contributed by atoms with van der Waals surface area (Å²) in [5.41, 5.74) is 1.27. The number of nitrogens with one attached hydrogen (secondary N) is 4. The summed E-state index contributed by atoms with van der Waals surface area (Å²) in [6.07, 6.45) is 0. The number of hydrogen-bond acceptors (Lipinski definition) is 3. The smallest absolute Gasteiger partial charge is 0.323 e. The van der Waals surface area contributed by atoms with E-state index in [4.69, 9.17) is 0 Å². The van der Waals surface area contributed by atoms with Crippen LogP contribution in [0.5, 0.6) is 0 Å². The number of urea groups is 1. The summed E-state index contributed by atoms with van der Waals surface area (Å²) >= 11 is 0. The predicted octanol–water partition coefficient (Wildman–Crippen LogP) is 3.82. The number of hydrogen-bond donors (Lipinski definition) is 4. The molecule has 28 heavy (non-hydrogen) atoms. The van der Waals surface area contributed by atoms with Gasteiger partial charge in [0.25, 0.3) is 0 Å². The van der Waals surface area contributed by atoms with Crippen LogP contribution < -0.4 is 21.3 Å². The number of amides is 4. The molecule has 0 saturated heterocycles. The Labute approximate surface area is 164 Å². The molecule has 7 nitrogen and oxygen atoms in total. The molecule has 0 saturated carbocycles. The Kier molecular flexibility index (Phi) is 6.76. The van der Waals surface area contributed by atoms with Crippen LogP contribution in [0.4, 0.5) is 21.9 Å². The number of carbonyl (C=O) groups excluding carboxylic acids is 3. The van der Waals surface area contributed by atoms with Crippen LogP contribution in [-0.2, 0) is 9.59 Å². The molecular weight excluding hydrogens is 356 g/mol. The van der Waals surface area contributed by atoms with Crippen molar-refractivity contribution in [2.45, 2.75) is 33.7 Å². The van der Waals surface area contributed by atoms with E-state index in [1.807, 2.05) is 18.2 Å². The molecule has 0 heterocycles. The van der Waals surface area contributed by atoms with E-state index >= 15 is 0 Å². The highest BCUT2D eigenvalue weighted by Gasteiger charge is 2.25. The van der Waals surface area contributed by atoms with E-state index < -0.39 is 11.5 Å². The van der Waals surface area contributed by atoms with E-state index in [2.05, 4.69) is 21.3 Å². The maximum atomic E-state index is 12.2. The van der Waals surface area contributed by atoms with Gasteiger partial charge in [-0.1, -0.05) is 39.0 Å². The maximum absolute atomic E-state index is 12.2. The summed E-state index contributed by atoms with van der Waals surface area (Å²) in [4.78, 5) is 36.2. The van der Waals surface area contributed by atoms with Crippen molar-refractivity contribution in [3.8, 4) is 0 Å². The molecule has 0 aromatic heterocycles. The summed E-state index contributed by atoms with van der Waals surface area (Å²) in [5, 5.41) is 10.9. The molecule has 4 N–H and O–H groups in total. The molecule has 0 aliphatic rings. The molecule has 2 aromatic rings. The van der Waals surface area contributed by atoms with Crippen molar-refractivity contribution in [2.24, 2.45) is 5.41 Å². The highest BCUT2D eigenvalue weighted by atomic mass is 16.2. The minimum absolute atomic E-state index is 0.195. The molecule has 0 radical (unpaired) electrons. The van der Waals surface area contributed by atoms with Gasteiger partial charge < -0.3 is 21.3 Å². The summed E-state index contributed by atoms with van der Waals surface area (Å²) in [7, 11) is 0. The molecule has 0 bridgehead atoms. The van der Waals surface area contributed by atoms with Gasteiger partial charge in [0.05, 0.1) is 0 Å². The van der Waals surface area contributed by atoms with Crippen LogP contribution in [0.2, 0.25) is 0 Å². The van der Waals surface area contributed by atoms with Gasteiger partial charge in [0, 0.05) is 22.5 Å². The average molecular weight is 382 g/mol. The van der Waals surface area contributed by atoms with Crippen LogP contribution >= 0.6 is 0 Å². The van der Waals surface area contributed by atoms with Gasteiger partial charge in [0.1, 0.15) is 6.04 Å². The highest BCUT2D eigenvalue weighted by molar-refractivity contribution is 6.00. The van der Waals surface area contributed by atoms with Crippen LogP contribution in [0, 0.1) is 5.41 Å². The van der Waals surface area contributed by atoms with Gasteiger partial charge in [-0.3, -0.25) is 9.59 Å². The molecule has 0 aliphatic heterocycles. The Morgan fingerprint density at radius 3 is 1.71 bits per heavy atom. The first kappa shape index (κ1) is 21.0. The largest absolute Gasteiger partial charge is 0.344 e. The lowest BCUT2D eigenvalue weighted by atomic mass is 9.95. The second kappa shape index (κ2) is 9.03. The lowest BCUT2D eigenvalue weighted by Gasteiger charge is -2.21. The molecule has 1 atom stereocenters. The second-order valence-corrected chi connectivity index (χ2v) is 7.46. The molecule has 2 rings (SSSR count). The topological polar surface area (TPSA) is 99.3 Å². The Balaban J connectivity index is 1.87. The summed E-state index contributed by atoms with van der Waals surface area (Å²) in [6, 6.07) is 14.8. The number of carbonyl (C=O) groups is 3. The number of rotatable bonds is 5. The molecule has 4 amide bonds. The fourth-order valence-corrected chi connectivity index (χ4v) is 2.18. The standard InChI is InChI=1S/C21H26N4O3/c1-14(22-19(27)21(2,3)4)18(26)23-16-10-12-17(13-11-16)25-20(28)24-15-8-6-5-7-9-15/h5-14H,1-4H3,(H,22,27)(H,23,26)(H2,24,25,28). The van der Waals surface area contributed by atoms with E-state index in [9.17, 15) is 14.4 Å². The van der Waals surface area contributed by atoms with E-state index in [1.165, 1.54) is 0 Å². The lowest BCUT2D eigenvalue weighted by molar-refractivity contribution is -0.131. The molecule has 0 fully saturated rings. The molecule has 1 unspecified atom stereocenters. The minimum atomic E-state index is -0.666. The quantitative estimate of drug-likeness (QED) is 0.632. The first-order valence-corrected chi connectivity index (χ1v) is 9.00. The van der Waals surface area contributed by atoms with Gasteiger partial charge in [-0.05, 0) is 43.3 Å². The van der Waals surface area contributed by atoms with Gasteiger partial charge in [-0.2, -0.15) is 0 Å². The second-order valence-electron chi connectivity index (χ2n) is 7.46. The van der Waals surface area contributed by atoms with Crippen LogP contribution in [0.1, 0.15) is 27.7 Å². The van der Waals surface area contributed by atoms with Crippen molar-refractivity contribution in [1.29, 1.82) is 0 Å². The molecule has 0 spiro atoms. The van der Waals surface area contributed by atoms with Gasteiger partial charge in [-0.15, -0.1) is 0 Å². The lowest BCUT2D eigenvalue weighted by Crippen LogP contribution is -2.46. The fourth-order valence-electron chi connectivity index (χ4n) is 2.18. The zero-order valence-electron chi connectivity index (χ0n) is 16.5. The van der Waals surface area contributed by atoms with Gasteiger partial charge in [0.2, 0.25) is 11.8 Å². The fraction of sp³-hybridized carbons (Fsp3) is 0.286. The summed E-state index contributed by atoms with van der Waals surface area (Å²) < 4.78 is 0. The SMILES string of the molecule is CC(NC(=O)C(C)(C)C)C(=O)Nc1ccc(NC(=O)Nc2ccccc2)cc1. The van der Waals surface area contributed by atoms with Crippen molar-refractivity contribution >= 4 is 34.9 Å². The molecule has 7 heteroatoms. The number of para-hydroxylation sites is 1. The van der Waals surface area contributed by atoms with E-state index in [0.29, 0.717) is 17.1 Å². The van der Waals surface area contributed by atoms with Crippen LogP contribution in [0.3, 0.4) is 0 Å². The Morgan fingerprint density at radius 1 is 0.750 bits per heavy atom. The Morgan fingerprint density at radius 2 is 1.21 bits per heavy atom. The van der Waals surface area contributed by atoms with Crippen molar-refractivity contribution in [1.82, 2.24) is 5.32 Å². The molecule has 2 aromatic carbocycles. The van der Waals surface area contributed by atoms with Crippen LogP contribution in [-0.4, -0.2) is 23.9 Å². The zero-order chi connectivity index (χ0) is 20.7. The van der Waals surface area contributed by atoms with Gasteiger partial charge >= 0.3 is 6.03 Å². The van der Waals surface area contributed by atoms with Crippen LogP contribution in [0.25, 0.3) is 0 Å². The third-order valence-corrected chi connectivity index (χ3v) is 3.86. The third-order valence-electron chi connectivity index (χ3n) is 3.86. The normalized spacial score (nSPS) is 11.9. The van der Waals surface area contributed by atoms with Crippen molar-refractivity contribution < 1.29 is 14.4 Å². The average Bonchev–Trinajstić information content (AvgIpc) is 2.63. The first-order valence-electron chi connectivity index (χ1n) is 9.00. The summed E-state index contributed by atoms with van der Waals surface area (Å²) in [6.45, 7) is 6.98. The van der Waals surface area contributed by atoms with Crippen molar-refractivity contribution in [3.05, 3.63) is 54.6 Å². The van der Waals surface area contributed by atoms with E-state index in [-0.39, 0.29) is 17.8 Å². The van der Waals surface area contributed by atoms with E-state index in [0.717, 1.165) is 0 Å². The van der Waals surface area contributed by atoms with Crippen molar-refractivity contribution in [3.63, 3.8) is 0 Å². The highest BCUT2D eigenvalue weighted by Crippen LogP contribution is 2.16. The maximum Gasteiger partial charge on any atom is 0.323 e. The first-order chi connectivity index (χ1) is 13.1. The van der Waals surface area contributed by atoms with E-state index in [1.54, 1.807) is 64.1 Å². The molecule has 0 aliphatic carbocycles. The van der Waals surface area contributed by atoms with Gasteiger partial charge in [0.15, 0.2) is 0 Å². The van der Waals surface area contributed by atoms with Gasteiger partial charge in [-0.25, -0.2) is 4.79 Å². The van der Waals surface area contributed by atoms with Crippen LogP contribution in [0.15, 0.2) is 54.6 Å². The zero-order valence-corrected chi connectivity index (χ0v) is 16.5. The Bertz CT molecular complexity index is 827. The number of benzene rings is 2. The predicted molar refractivity (Wildman–Crippen MR) is 111 cm³/mol. The minimum Gasteiger partial charge on any atom is -0.344 e. The Hall–Kier alpha value is -3.35. The molecular formula is C21H26N4O3. The third kappa shape index (κ3) is 6.42. The number of anilines is 3. The monoisotopic (exact) mass is 382 g/mol. The molecule has 148 valence electrons.